The molecule has 28 heavy (non-hydrogen) atoms. The molecule has 152 valence electrons. The molecule has 0 spiro atoms. The fourth-order valence-electron chi connectivity index (χ4n) is 3.88. The average Bonchev–Trinajstić information content (AvgIpc) is 3.44. The summed E-state index contributed by atoms with van der Waals surface area (Å²) in [4.78, 5) is 18.3. The summed E-state index contributed by atoms with van der Waals surface area (Å²) in [5, 5.41) is 0.677. The molecular formula is C19H25FN4O3S. The third-order valence-electron chi connectivity index (χ3n) is 5.61. The summed E-state index contributed by atoms with van der Waals surface area (Å²) in [6.45, 7) is 3.09. The number of carbonyl (C=O) groups excluding carboxylic acids is 1. The molecule has 2 aliphatic rings. The second-order valence-corrected chi connectivity index (χ2v) is 9.69. The number of hydrogen-bond acceptors (Lipinski definition) is 6. The van der Waals surface area contributed by atoms with Crippen LogP contribution in [-0.2, 0) is 4.79 Å². The van der Waals surface area contributed by atoms with Gasteiger partial charge in [-0.15, -0.1) is 10.8 Å². The first-order valence-corrected chi connectivity index (χ1v) is 10.9. The Balaban J connectivity index is 1.65. The minimum atomic E-state index is -3.46. The lowest BCUT2D eigenvalue weighted by atomic mass is 10.2. The van der Waals surface area contributed by atoms with E-state index in [1.165, 1.54) is 6.20 Å². The quantitative estimate of drug-likeness (QED) is 0.722. The minimum absolute atomic E-state index is 0.0695. The molecule has 2 aromatic rings. The number of nitrogens with two attached hydrogens (primary N) is 1. The molecule has 1 saturated heterocycles. The second kappa shape index (κ2) is 6.93. The maximum Gasteiger partial charge on any atom is 0.242 e. The molecule has 7 nitrogen and oxygen atoms in total. The Kier molecular flexibility index (Phi) is 4.83. The lowest BCUT2D eigenvalue weighted by molar-refractivity contribution is -0.133. The molecule has 0 bridgehead atoms. The molecule has 2 fully saturated rings. The summed E-state index contributed by atoms with van der Waals surface area (Å²) >= 11 is 0. The van der Waals surface area contributed by atoms with E-state index in [2.05, 4.69) is 4.98 Å². The smallest absolute Gasteiger partial charge is 0.242 e. The third-order valence-corrected chi connectivity index (χ3v) is 7.73. The summed E-state index contributed by atoms with van der Waals surface area (Å²) in [7, 11) is -3.46. The molecule has 1 amide bonds. The first kappa shape index (κ1) is 19.5. The predicted octanol–water partition coefficient (Wildman–Crippen LogP) is 2.81. The van der Waals surface area contributed by atoms with E-state index in [1.54, 1.807) is 27.4 Å². The highest BCUT2D eigenvalue weighted by Gasteiger charge is 2.49. The van der Waals surface area contributed by atoms with Crippen molar-refractivity contribution in [1.29, 1.82) is 0 Å². The summed E-state index contributed by atoms with van der Waals surface area (Å²) in [5.41, 5.74) is 5.31. The fourth-order valence-corrected chi connectivity index (χ4v) is 5.83. The Morgan fingerprint density at radius 1 is 1.32 bits per heavy atom. The van der Waals surface area contributed by atoms with Crippen LogP contribution in [0.5, 0.6) is 0 Å². The van der Waals surface area contributed by atoms with Crippen molar-refractivity contribution in [3.8, 4) is 0 Å². The molecule has 9 heteroatoms. The second-order valence-electron chi connectivity index (χ2n) is 7.74. The highest BCUT2D eigenvalue weighted by Crippen LogP contribution is 2.55. The van der Waals surface area contributed by atoms with Crippen molar-refractivity contribution in [3.63, 3.8) is 0 Å². The molecule has 1 aliphatic heterocycles. The summed E-state index contributed by atoms with van der Waals surface area (Å²) < 4.78 is 38.4. The van der Waals surface area contributed by atoms with Crippen molar-refractivity contribution in [3.05, 3.63) is 36.4 Å². The van der Waals surface area contributed by atoms with Gasteiger partial charge < -0.3 is 10.6 Å². The number of benzene rings is 1. The Morgan fingerprint density at radius 3 is 2.79 bits per heavy atom. The van der Waals surface area contributed by atoms with Gasteiger partial charge in [0.1, 0.15) is 0 Å². The molecule has 1 aliphatic carbocycles. The number of rotatable bonds is 3. The van der Waals surface area contributed by atoms with E-state index in [0.29, 0.717) is 44.3 Å². The number of halogens is 1. The van der Waals surface area contributed by atoms with Crippen LogP contribution in [0.2, 0.25) is 0 Å². The van der Waals surface area contributed by atoms with Crippen LogP contribution in [0.4, 0.5) is 4.39 Å². The zero-order valence-corrected chi connectivity index (χ0v) is 16.5. The van der Waals surface area contributed by atoms with E-state index < -0.39 is 22.1 Å². The lowest BCUT2D eigenvalue weighted by Gasteiger charge is -2.46. The van der Waals surface area contributed by atoms with Gasteiger partial charge in [-0.25, -0.2) is 4.39 Å². The number of nitrogens with zero attached hydrogens (tertiary/aromatic N) is 3. The van der Waals surface area contributed by atoms with Crippen molar-refractivity contribution in [2.45, 2.75) is 42.7 Å². The lowest BCUT2D eigenvalue weighted by Crippen LogP contribution is -2.49. The van der Waals surface area contributed by atoms with Crippen molar-refractivity contribution in [2.24, 2.45) is 5.73 Å². The standard InChI is InChI=1S/C19H25FN4O3S/c1-13-12-23(18(25)19(21)6-7-19)8-3-9-24(13)28(26,27)16-5-2-4-14-10-22-11-15(20)17(14)16/h2,4-5,10-11,13,26-27H,3,6-9,12,21H2,1H3/t13-/m0/s1. The van der Waals surface area contributed by atoms with Gasteiger partial charge in [0, 0.05) is 42.6 Å². The number of aromatic nitrogens is 1. The Labute approximate surface area is 164 Å². The predicted molar refractivity (Wildman–Crippen MR) is 106 cm³/mol. The number of fused-ring (bicyclic) bond motifs is 1. The van der Waals surface area contributed by atoms with Gasteiger partial charge in [0.2, 0.25) is 5.91 Å². The number of carbonyl (C=O) groups is 1. The van der Waals surface area contributed by atoms with Gasteiger partial charge in [0.25, 0.3) is 0 Å². The Morgan fingerprint density at radius 2 is 2.07 bits per heavy atom. The number of pyridine rings is 1. The molecule has 2 heterocycles. The highest BCUT2D eigenvalue weighted by atomic mass is 32.3. The summed E-state index contributed by atoms with van der Waals surface area (Å²) in [6.07, 6.45) is 4.54. The number of amides is 1. The van der Waals surface area contributed by atoms with Crippen LogP contribution in [0.3, 0.4) is 0 Å². The van der Waals surface area contributed by atoms with Crippen LogP contribution in [0.25, 0.3) is 10.8 Å². The highest BCUT2D eigenvalue weighted by molar-refractivity contribution is 8.22. The van der Waals surface area contributed by atoms with Gasteiger partial charge in [0.05, 0.1) is 16.6 Å². The Hall–Kier alpha value is -1.78. The molecule has 1 aromatic carbocycles. The zero-order valence-electron chi connectivity index (χ0n) is 15.7. The van der Waals surface area contributed by atoms with Crippen LogP contribution >= 0.6 is 10.8 Å². The van der Waals surface area contributed by atoms with Crippen molar-refractivity contribution < 1.29 is 18.3 Å². The van der Waals surface area contributed by atoms with E-state index in [4.69, 9.17) is 5.73 Å². The third kappa shape index (κ3) is 3.27. The molecule has 0 unspecified atom stereocenters. The monoisotopic (exact) mass is 408 g/mol. The Bertz CT molecular complexity index is 916. The first-order valence-electron chi connectivity index (χ1n) is 9.39. The SMILES string of the molecule is C[C@H]1CN(C(=O)C2(N)CC2)CCCN1S(O)(O)c1cccc2cncc(F)c12. The first-order chi connectivity index (χ1) is 13.2. The van der Waals surface area contributed by atoms with E-state index in [0.717, 1.165) is 6.20 Å². The van der Waals surface area contributed by atoms with E-state index >= 15 is 0 Å². The molecule has 4 N–H and O–H groups in total. The molecular weight excluding hydrogens is 383 g/mol. The maximum atomic E-state index is 14.5. The van der Waals surface area contributed by atoms with Gasteiger partial charge in [-0.05, 0) is 32.3 Å². The van der Waals surface area contributed by atoms with Crippen LogP contribution in [0.15, 0.2) is 35.5 Å². The number of hydrogen-bond donors (Lipinski definition) is 3. The van der Waals surface area contributed by atoms with E-state index in [1.807, 2.05) is 6.92 Å². The average molecular weight is 408 g/mol. The van der Waals surface area contributed by atoms with Gasteiger partial charge in [-0.1, -0.05) is 12.1 Å². The topological polar surface area (TPSA) is 103 Å². The van der Waals surface area contributed by atoms with E-state index in [-0.39, 0.29) is 22.2 Å². The molecule has 0 radical (unpaired) electrons. The van der Waals surface area contributed by atoms with Crippen molar-refractivity contribution in [2.75, 3.05) is 19.6 Å². The van der Waals surface area contributed by atoms with E-state index in [9.17, 15) is 18.3 Å². The van der Waals surface area contributed by atoms with Gasteiger partial charge in [-0.3, -0.25) is 18.9 Å². The molecule has 1 atom stereocenters. The zero-order chi connectivity index (χ0) is 20.1. The van der Waals surface area contributed by atoms with Crippen molar-refractivity contribution in [1.82, 2.24) is 14.2 Å². The normalized spacial score (nSPS) is 23.5. The summed E-state index contributed by atoms with van der Waals surface area (Å²) in [5.74, 6) is -0.661. The molecule has 1 saturated carbocycles. The van der Waals surface area contributed by atoms with Crippen molar-refractivity contribution >= 4 is 27.5 Å². The van der Waals surface area contributed by atoms with Gasteiger partial charge in [-0.2, -0.15) is 4.31 Å². The minimum Gasteiger partial charge on any atom is -0.339 e. The van der Waals surface area contributed by atoms with Crippen LogP contribution in [0.1, 0.15) is 26.2 Å². The van der Waals surface area contributed by atoms with Gasteiger partial charge in [0.15, 0.2) is 5.82 Å². The summed E-state index contributed by atoms with van der Waals surface area (Å²) in [6, 6.07) is 4.57. The fraction of sp³-hybridized carbons (Fsp3) is 0.474. The van der Waals surface area contributed by atoms with Crippen LogP contribution in [-0.4, -0.2) is 60.4 Å². The molecule has 4 rings (SSSR count). The maximum absolute atomic E-state index is 14.5. The van der Waals surface area contributed by atoms with Crippen LogP contribution in [0, 0.1) is 5.82 Å². The largest absolute Gasteiger partial charge is 0.339 e. The van der Waals surface area contributed by atoms with Crippen LogP contribution < -0.4 is 5.73 Å². The molecule has 1 aromatic heterocycles. The van der Waals surface area contributed by atoms with Gasteiger partial charge >= 0.3 is 0 Å².